The monoisotopic (exact) mass is 577 g/mol. The van der Waals surface area contributed by atoms with Gasteiger partial charge in [-0.05, 0) is 85.1 Å². The summed E-state index contributed by atoms with van der Waals surface area (Å²) in [6, 6.07) is 19.8. The second kappa shape index (κ2) is 11.9. The van der Waals surface area contributed by atoms with Gasteiger partial charge in [0.2, 0.25) is 0 Å². The Morgan fingerprint density at radius 1 is 1.10 bits per heavy atom. The highest BCUT2D eigenvalue weighted by atomic mass is 35.5. The first kappa shape index (κ1) is 27.4. The molecule has 8 nitrogen and oxygen atoms in total. The lowest BCUT2D eigenvalue weighted by Crippen LogP contribution is -2.42. The number of hydrogen-bond acceptors (Lipinski definition) is 5. The van der Waals surface area contributed by atoms with Crippen LogP contribution in [0.1, 0.15) is 29.8 Å². The van der Waals surface area contributed by atoms with Gasteiger partial charge in [-0.1, -0.05) is 35.3 Å². The summed E-state index contributed by atoms with van der Waals surface area (Å²) in [5.74, 6) is 1.12. The van der Waals surface area contributed by atoms with E-state index in [0.29, 0.717) is 47.7 Å². The number of hydrogen-bond donors (Lipinski definition) is 4. The summed E-state index contributed by atoms with van der Waals surface area (Å²) in [4.78, 5) is 18.7. The number of halogens is 2. The Morgan fingerprint density at radius 2 is 1.80 bits per heavy atom. The fourth-order valence-electron chi connectivity index (χ4n) is 4.91. The molecule has 2 heterocycles. The maximum absolute atomic E-state index is 13.5. The van der Waals surface area contributed by atoms with Crippen LogP contribution >= 0.6 is 23.2 Å². The second-order valence-electron chi connectivity index (χ2n) is 9.50. The summed E-state index contributed by atoms with van der Waals surface area (Å²) in [6.45, 7) is 3.31. The van der Waals surface area contributed by atoms with Crippen LogP contribution in [0.5, 0.6) is 11.5 Å². The Hall–Kier alpha value is -4.14. The maximum atomic E-state index is 13.5. The summed E-state index contributed by atoms with van der Waals surface area (Å²) in [7, 11) is 0. The molecule has 5 rings (SSSR count). The largest absolute Gasteiger partial charge is 0.492 e. The van der Waals surface area contributed by atoms with Crippen LogP contribution in [-0.2, 0) is 6.42 Å². The molecule has 0 saturated heterocycles. The molecule has 1 aliphatic heterocycles. The first-order valence-electron chi connectivity index (χ1n) is 12.8. The minimum absolute atomic E-state index is 0.00321. The van der Waals surface area contributed by atoms with Gasteiger partial charge < -0.3 is 25.5 Å². The van der Waals surface area contributed by atoms with Gasteiger partial charge in [0.1, 0.15) is 30.0 Å². The fourth-order valence-corrected chi connectivity index (χ4v) is 5.21. The Labute approximate surface area is 242 Å². The van der Waals surface area contributed by atoms with E-state index in [0.717, 1.165) is 33.4 Å². The second-order valence-corrected chi connectivity index (χ2v) is 10.4. The predicted molar refractivity (Wildman–Crippen MR) is 159 cm³/mol. The lowest BCUT2D eigenvalue weighted by atomic mass is 9.92. The molecule has 0 bridgehead atoms. The number of nitrogens with one attached hydrogen (secondary N) is 3. The Bertz CT molecular complexity index is 1570. The number of amidine groups is 1. The quantitative estimate of drug-likeness (QED) is 0.109. The number of rotatable bonds is 8. The standard InChI is InChI=1S/C30H29Cl2N5O3/c1-18(16-27(33)34)35-13-15-39-22-7-2-19(3-8-22)29-28-24(25-17-21(32)6-11-26(25)36-28)12-14-37(29)30(38)40-23-9-4-20(31)5-10-23/h2-11,16-17,29,35-36H,12-15H2,1H3,(H3,33,34)/b18-16-. The SMILES string of the molecule is C/C(=C/C(=N)N)NCCOc1ccc(C2c3[nH]c4ccc(Cl)cc4c3CCN2C(=O)Oc2ccc(Cl)cc2)cc1. The lowest BCUT2D eigenvalue weighted by Gasteiger charge is -2.35. The molecule has 1 atom stereocenters. The number of ether oxygens (including phenoxy) is 2. The van der Waals surface area contributed by atoms with Crippen molar-refractivity contribution >= 4 is 46.0 Å². The van der Waals surface area contributed by atoms with Gasteiger partial charge in [0, 0.05) is 45.4 Å². The number of amides is 1. The van der Waals surface area contributed by atoms with E-state index in [2.05, 4.69) is 10.3 Å². The molecule has 0 fully saturated rings. The molecule has 5 N–H and O–H groups in total. The van der Waals surface area contributed by atoms with Gasteiger partial charge >= 0.3 is 6.09 Å². The van der Waals surface area contributed by atoms with Gasteiger partial charge in [0.25, 0.3) is 0 Å². The maximum Gasteiger partial charge on any atom is 0.416 e. The van der Waals surface area contributed by atoms with Crippen molar-refractivity contribution in [3.8, 4) is 11.5 Å². The van der Waals surface area contributed by atoms with Crippen LogP contribution in [0.4, 0.5) is 4.79 Å². The van der Waals surface area contributed by atoms with Crippen LogP contribution < -0.4 is 20.5 Å². The smallest absolute Gasteiger partial charge is 0.416 e. The number of fused-ring (bicyclic) bond motifs is 3. The lowest BCUT2D eigenvalue weighted by molar-refractivity contribution is 0.135. The van der Waals surface area contributed by atoms with Crippen molar-refractivity contribution in [1.82, 2.24) is 15.2 Å². The summed E-state index contributed by atoms with van der Waals surface area (Å²) in [5, 5.41) is 12.8. The van der Waals surface area contributed by atoms with E-state index < -0.39 is 12.1 Å². The average Bonchev–Trinajstić information content (AvgIpc) is 3.29. The van der Waals surface area contributed by atoms with Crippen molar-refractivity contribution in [2.45, 2.75) is 19.4 Å². The Kier molecular flexibility index (Phi) is 8.19. The molecule has 0 spiro atoms. The first-order chi connectivity index (χ1) is 19.3. The summed E-state index contributed by atoms with van der Waals surface area (Å²) < 4.78 is 11.6. The number of benzene rings is 3. The van der Waals surface area contributed by atoms with Crippen LogP contribution in [0.3, 0.4) is 0 Å². The van der Waals surface area contributed by atoms with E-state index in [-0.39, 0.29) is 5.84 Å². The van der Waals surface area contributed by atoms with Crippen LogP contribution in [-0.4, -0.2) is 41.5 Å². The molecule has 206 valence electrons. The van der Waals surface area contributed by atoms with Gasteiger partial charge in [-0.3, -0.25) is 10.3 Å². The molecule has 4 aromatic rings. The zero-order chi connectivity index (χ0) is 28.2. The first-order valence-corrected chi connectivity index (χ1v) is 13.6. The highest BCUT2D eigenvalue weighted by Crippen LogP contribution is 2.40. The zero-order valence-electron chi connectivity index (χ0n) is 21.8. The fraction of sp³-hybridized carbons (Fsp3) is 0.200. The topological polar surface area (TPSA) is 116 Å². The molecular formula is C30H29Cl2N5O3. The minimum Gasteiger partial charge on any atom is -0.492 e. The van der Waals surface area contributed by atoms with Crippen molar-refractivity contribution in [3.05, 3.63) is 105 Å². The number of nitrogens with two attached hydrogens (primary N) is 1. The third-order valence-electron chi connectivity index (χ3n) is 6.68. The number of aromatic nitrogens is 1. The van der Waals surface area contributed by atoms with Crippen molar-refractivity contribution in [2.24, 2.45) is 5.73 Å². The Balaban J connectivity index is 1.39. The van der Waals surface area contributed by atoms with E-state index in [4.69, 9.17) is 43.8 Å². The number of carbonyl (C=O) groups excluding carboxylic acids is 1. The molecule has 0 saturated carbocycles. The van der Waals surface area contributed by atoms with Crippen molar-refractivity contribution < 1.29 is 14.3 Å². The van der Waals surface area contributed by atoms with Crippen LogP contribution in [0, 0.1) is 5.41 Å². The van der Waals surface area contributed by atoms with Crippen LogP contribution in [0.15, 0.2) is 78.5 Å². The van der Waals surface area contributed by atoms with Crippen molar-refractivity contribution in [3.63, 3.8) is 0 Å². The molecule has 1 unspecified atom stereocenters. The van der Waals surface area contributed by atoms with Gasteiger partial charge in [-0.15, -0.1) is 0 Å². The van der Waals surface area contributed by atoms with Gasteiger partial charge in [0.15, 0.2) is 0 Å². The predicted octanol–water partition coefficient (Wildman–Crippen LogP) is 6.43. The molecule has 3 aromatic carbocycles. The third-order valence-corrected chi connectivity index (χ3v) is 7.17. The van der Waals surface area contributed by atoms with E-state index in [1.807, 2.05) is 49.4 Å². The van der Waals surface area contributed by atoms with Gasteiger partial charge in [-0.25, -0.2) is 4.79 Å². The molecule has 1 aromatic heterocycles. The Morgan fingerprint density at radius 3 is 2.52 bits per heavy atom. The molecular weight excluding hydrogens is 549 g/mol. The molecule has 1 amide bonds. The summed E-state index contributed by atoms with van der Waals surface area (Å²) in [5.41, 5.74) is 10.1. The van der Waals surface area contributed by atoms with E-state index in [1.54, 1.807) is 35.2 Å². The summed E-state index contributed by atoms with van der Waals surface area (Å²) in [6.07, 6.45) is 1.76. The normalized spacial score (nSPS) is 15.0. The van der Waals surface area contributed by atoms with Crippen molar-refractivity contribution in [2.75, 3.05) is 19.7 Å². The zero-order valence-corrected chi connectivity index (χ0v) is 23.4. The van der Waals surface area contributed by atoms with Crippen LogP contribution in [0.2, 0.25) is 10.0 Å². The van der Waals surface area contributed by atoms with E-state index in [1.165, 1.54) is 0 Å². The van der Waals surface area contributed by atoms with Crippen molar-refractivity contribution in [1.29, 1.82) is 5.41 Å². The average molecular weight is 579 g/mol. The number of H-pyrrole nitrogens is 1. The molecule has 40 heavy (non-hydrogen) atoms. The number of allylic oxidation sites excluding steroid dienone is 1. The van der Waals surface area contributed by atoms with E-state index in [9.17, 15) is 4.79 Å². The van der Waals surface area contributed by atoms with Crippen LogP contribution in [0.25, 0.3) is 10.9 Å². The summed E-state index contributed by atoms with van der Waals surface area (Å²) >= 11 is 12.3. The van der Waals surface area contributed by atoms with Gasteiger partial charge in [-0.2, -0.15) is 0 Å². The molecule has 0 aliphatic carbocycles. The number of carbonyl (C=O) groups is 1. The third kappa shape index (κ3) is 6.19. The highest BCUT2D eigenvalue weighted by Gasteiger charge is 2.35. The molecule has 0 radical (unpaired) electrons. The minimum atomic E-state index is -0.449. The molecule has 1 aliphatic rings. The van der Waals surface area contributed by atoms with E-state index >= 15 is 0 Å². The number of nitrogens with zero attached hydrogens (tertiary/aromatic N) is 1. The number of aromatic amines is 1. The molecule has 10 heteroatoms. The highest BCUT2D eigenvalue weighted by molar-refractivity contribution is 6.31. The van der Waals surface area contributed by atoms with Gasteiger partial charge in [0.05, 0.1) is 0 Å².